The fourth-order valence-electron chi connectivity index (χ4n) is 3.24. The summed E-state index contributed by atoms with van der Waals surface area (Å²) >= 11 is 0. The Balaban J connectivity index is 2.02. The number of carbonyl (C=O) groups excluding carboxylic acids is 1. The Kier molecular flexibility index (Phi) is 4.94. The molecular formula is C17H27N3O2. The first-order chi connectivity index (χ1) is 10.2. The number of hydrogen-bond donors (Lipinski definition) is 2. The van der Waals surface area contributed by atoms with Gasteiger partial charge in [-0.3, -0.25) is 4.98 Å². The number of nitrogens with two attached hydrogens (primary N) is 1. The van der Waals surface area contributed by atoms with E-state index in [0.717, 1.165) is 30.5 Å². The molecule has 0 radical (unpaired) electrons. The largest absolute Gasteiger partial charge is 0.444 e. The molecule has 122 valence electrons. The lowest BCUT2D eigenvalue weighted by molar-refractivity contribution is 0.0482. The zero-order valence-corrected chi connectivity index (χ0v) is 13.9. The number of amides is 1. The number of alkyl carbamates (subject to hydrolysis) is 1. The minimum absolute atomic E-state index is 0.121. The minimum Gasteiger partial charge on any atom is -0.444 e. The molecule has 0 unspecified atom stereocenters. The van der Waals surface area contributed by atoms with Crippen LogP contribution in [0, 0.1) is 5.92 Å². The highest BCUT2D eigenvalue weighted by molar-refractivity contribution is 5.68. The summed E-state index contributed by atoms with van der Waals surface area (Å²) in [6.45, 7) is 7.83. The van der Waals surface area contributed by atoms with Crippen LogP contribution in [0.25, 0.3) is 0 Å². The van der Waals surface area contributed by atoms with Crippen LogP contribution >= 0.6 is 0 Å². The summed E-state index contributed by atoms with van der Waals surface area (Å²) in [5.74, 6) is 0.887. The Labute approximate surface area is 132 Å². The number of nitrogens with one attached hydrogen (secondary N) is 1. The lowest BCUT2D eigenvalue weighted by Crippen LogP contribution is -2.42. The average molecular weight is 305 g/mol. The van der Waals surface area contributed by atoms with Crippen LogP contribution in [0.1, 0.15) is 58.4 Å². The summed E-state index contributed by atoms with van der Waals surface area (Å²) in [7, 11) is 0. The number of anilines is 1. The molecule has 1 saturated carbocycles. The van der Waals surface area contributed by atoms with Gasteiger partial charge in [0, 0.05) is 12.2 Å². The van der Waals surface area contributed by atoms with Gasteiger partial charge in [-0.2, -0.15) is 0 Å². The van der Waals surface area contributed by atoms with Crippen LogP contribution in [0.2, 0.25) is 0 Å². The molecule has 1 aliphatic rings. The standard InChI is InChI=1S/C17H27N3O2/c1-11-7-12(14-5-6-19-10-15(14)18)9-13(8-11)20-16(21)22-17(2,3)4/h5-6,10-13H,7-9,18H2,1-4H3,(H,20,21)/t11-,12-,13-/m0/s1. The molecule has 1 heterocycles. The monoisotopic (exact) mass is 305 g/mol. The molecule has 0 aliphatic heterocycles. The van der Waals surface area contributed by atoms with Gasteiger partial charge in [-0.1, -0.05) is 6.92 Å². The lowest BCUT2D eigenvalue weighted by atomic mass is 9.76. The fourth-order valence-corrected chi connectivity index (χ4v) is 3.24. The third-order valence-electron chi connectivity index (χ3n) is 3.99. The quantitative estimate of drug-likeness (QED) is 0.877. The van der Waals surface area contributed by atoms with Gasteiger partial charge in [-0.05, 0) is 63.5 Å². The lowest BCUT2D eigenvalue weighted by Gasteiger charge is -2.34. The highest BCUT2D eigenvalue weighted by atomic mass is 16.6. The van der Waals surface area contributed by atoms with Crippen molar-refractivity contribution in [2.24, 2.45) is 5.92 Å². The average Bonchev–Trinajstić information content (AvgIpc) is 2.35. The molecule has 3 N–H and O–H groups in total. The molecule has 2 rings (SSSR count). The second-order valence-electron chi connectivity index (χ2n) is 7.36. The number of rotatable bonds is 2. The second kappa shape index (κ2) is 6.55. The molecule has 1 aromatic rings. The normalized spacial score (nSPS) is 25.5. The number of ether oxygens (including phenoxy) is 1. The van der Waals surface area contributed by atoms with Gasteiger partial charge in [0.15, 0.2) is 0 Å². The summed E-state index contributed by atoms with van der Waals surface area (Å²) in [6, 6.07) is 2.11. The van der Waals surface area contributed by atoms with Crippen molar-refractivity contribution in [3.8, 4) is 0 Å². The molecule has 1 aromatic heterocycles. The first kappa shape index (κ1) is 16.6. The maximum Gasteiger partial charge on any atom is 0.407 e. The molecule has 0 aromatic carbocycles. The highest BCUT2D eigenvalue weighted by Gasteiger charge is 2.30. The summed E-state index contributed by atoms with van der Waals surface area (Å²) in [6.07, 6.45) is 6.08. The van der Waals surface area contributed by atoms with Crippen molar-refractivity contribution in [3.63, 3.8) is 0 Å². The Bertz CT molecular complexity index is 525. The van der Waals surface area contributed by atoms with Gasteiger partial charge in [0.25, 0.3) is 0 Å². The topological polar surface area (TPSA) is 77.2 Å². The summed E-state index contributed by atoms with van der Waals surface area (Å²) in [5, 5.41) is 3.01. The van der Waals surface area contributed by atoms with Gasteiger partial charge >= 0.3 is 6.09 Å². The van der Waals surface area contributed by atoms with E-state index in [9.17, 15) is 4.79 Å². The molecular weight excluding hydrogens is 278 g/mol. The van der Waals surface area contributed by atoms with Crippen LogP contribution in [0.3, 0.4) is 0 Å². The SMILES string of the molecule is C[C@@H]1C[C@H](NC(=O)OC(C)(C)C)C[C@@H](c2ccncc2N)C1. The van der Waals surface area contributed by atoms with Crippen molar-refractivity contribution in [1.82, 2.24) is 10.3 Å². The van der Waals surface area contributed by atoms with Gasteiger partial charge in [0.1, 0.15) is 5.60 Å². The molecule has 22 heavy (non-hydrogen) atoms. The molecule has 0 bridgehead atoms. The van der Waals surface area contributed by atoms with E-state index >= 15 is 0 Å². The summed E-state index contributed by atoms with van der Waals surface area (Å²) < 4.78 is 5.36. The van der Waals surface area contributed by atoms with Crippen LogP contribution < -0.4 is 11.1 Å². The number of carbonyl (C=O) groups is 1. The molecule has 1 amide bonds. The van der Waals surface area contributed by atoms with E-state index in [1.54, 1.807) is 12.4 Å². The van der Waals surface area contributed by atoms with Gasteiger partial charge < -0.3 is 15.8 Å². The van der Waals surface area contributed by atoms with E-state index in [1.165, 1.54) is 0 Å². The first-order valence-electron chi connectivity index (χ1n) is 7.93. The van der Waals surface area contributed by atoms with Crippen LogP contribution in [0.5, 0.6) is 0 Å². The third kappa shape index (κ3) is 4.61. The van der Waals surface area contributed by atoms with Gasteiger partial charge in [-0.25, -0.2) is 4.79 Å². The van der Waals surface area contributed by atoms with Crippen molar-refractivity contribution < 1.29 is 9.53 Å². The van der Waals surface area contributed by atoms with Crippen molar-refractivity contribution in [2.75, 3.05) is 5.73 Å². The van der Waals surface area contributed by atoms with E-state index in [0.29, 0.717) is 11.8 Å². The first-order valence-corrected chi connectivity index (χ1v) is 7.93. The molecule has 1 fully saturated rings. The van der Waals surface area contributed by atoms with Crippen LogP contribution in [-0.2, 0) is 4.74 Å². The van der Waals surface area contributed by atoms with Crippen molar-refractivity contribution >= 4 is 11.8 Å². The third-order valence-corrected chi connectivity index (χ3v) is 3.99. The number of pyridine rings is 1. The predicted molar refractivity (Wildman–Crippen MR) is 87.6 cm³/mol. The Morgan fingerprint density at radius 1 is 1.36 bits per heavy atom. The van der Waals surface area contributed by atoms with Gasteiger partial charge in [-0.15, -0.1) is 0 Å². The van der Waals surface area contributed by atoms with E-state index < -0.39 is 5.60 Å². The number of hydrogen-bond acceptors (Lipinski definition) is 4. The van der Waals surface area contributed by atoms with Crippen LogP contribution in [0.15, 0.2) is 18.5 Å². The van der Waals surface area contributed by atoms with E-state index in [2.05, 4.69) is 17.2 Å². The van der Waals surface area contributed by atoms with Crippen molar-refractivity contribution in [3.05, 3.63) is 24.0 Å². The minimum atomic E-state index is -0.473. The number of nitrogen functional groups attached to an aromatic ring is 1. The number of aromatic nitrogens is 1. The maximum absolute atomic E-state index is 12.0. The Hall–Kier alpha value is -1.78. The predicted octanol–water partition coefficient (Wildman–Crippen LogP) is 3.46. The zero-order chi connectivity index (χ0) is 16.3. The van der Waals surface area contributed by atoms with Crippen LogP contribution in [-0.4, -0.2) is 22.7 Å². The highest BCUT2D eigenvalue weighted by Crippen LogP contribution is 2.38. The molecule has 0 spiro atoms. The molecule has 3 atom stereocenters. The van der Waals surface area contributed by atoms with E-state index in [-0.39, 0.29) is 12.1 Å². The van der Waals surface area contributed by atoms with Crippen molar-refractivity contribution in [2.45, 2.75) is 64.5 Å². The van der Waals surface area contributed by atoms with Gasteiger partial charge in [0.05, 0.1) is 11.9 Å². The fraction of sp³-hybridized carbons (Fsp3) is 0.647. The maximum atomic E-state index is 12.0. The zero-order valence-electron chi connectivity index (χ0n) is 13.9. The second-order valence-corrected chi connectivity index (χ2v) is 7.36. The Morgan fingerprint density at radius 2 is 2.09 bits per heavy atom. The molecule has 0 saturated heterocycles. The summed E-state index contributed by atoms with van der Waals surface area (Å²) in [4.78, 5) is 16.0. The van der Waals surface area contributed by atoms with Gasteiger partial charge in [0.2, 0.25) is 0 Å². The Morgan fingerprint density at radius 3 is 2.73 bits per heavy atom. The molecule has 5 heteroatoms. The number of nitrogens with zero attached hydrogens (tertiary/aromatic N) is 1. The van der Waals surface area contributed by atoms with E-state index in [4.69, 9.17) is 10.5 Å². The van der Waals surface area contributed by atoms with Crippen LogP contribution in [0.4, 0.5) is 10.5 Å². The van der Waals surface area contributed by atoms with E-state index in [1.807, 2.05) is 26.8 Å². The smallest absolute Gasteiger partial charge is 0.407 e. The summed E-state index contributed by atoms with van der Waals surface area (Å²) in [5.41, 5.74) is 7.45. The van der Waals surface area contributed by atoms with Crippen molar-refractivity contribution in [1.29, 1.82) is 0 Å². The molecule has 1 aliphatic carbocycles. The molecule has 5 nitrogen and oxygen atoms in total.